The maximum atomic E-state index is 11.9. The number of hydrogen-bond acceptors (Lipinski definition) is 3. The Hall–Kier alpha value is -1.26. The lowest BCUT2D eigenvalue weighted by Gasteiger charge is -2.36. The van der Waals surface area contributed by atoms with Crippen LogP contribution >= 0.6 is 11.6 Å². The van der Waals surface area contributed by atoms with Gasteiger partial charge in [-0.15, -0.1) is 0 Å². The van der Waals surface area contributed by atoms with Gasteiger partial charge in [0.15, 0.2) is 0 Å². The fourth-order valence-corrected chi connectivity index (χ4v) is 2.60. The molecule has 1 aliphatic rings. The van der Waals surface area contributed by atoms with Crippen LogP contribution in [0.1, 0.15) is 12.0 Å². The molecule has 1 aromatic carbocycles. The average Bonchev–Trinajstić information content (AvgIpc) is 2.22. The van der Waals surface area contributed by atoms with Gasteiger partial charge in [-0.3, -0.25) is 4.79 Å². The predicted octanol–water partition coefficient (Wildman–Crippen LogP) is 1.75. The molecule has 0 fully saturated rings. The van der Waals surface area contributed by atoms with Gasteiger partial charge in [-0.1, -0.05) is 11.6 Å². The Morgan fingerprint density at radius 3 is 2.88 bits per heavy atom. The van der Waals surface area contributed by atoms with E-state index in [0.29, 0.717) is 18.0 Å². The summed E-state index contributed by atoms with van der Waals surface area (Å²) in [7, 11) is 1.92. The number of nitrogens with zero attached hydrogens (tertiary/aromatic N) is 1. The second kappa shape index (κ2) is 4.55. The summed E-state index contributed by atoms with van der Waals surface area (Å²) in [5, 5.41) is 3.52. The van der Waals surface area contributed by atoms with Crippen LogP contribution in [0.15, 0.2) is 12.1 Å². The van der Waals surface area contributed by atoms with Gasteiger partial charge in [0, 0.05) is 12.1 Å². The lowest BCUT2D eigenvalue weighted by molar-refractivity contribution is -0.117. The summed E-state index contributed by atoms with van der Waals surface area (Å²) < 4.78 is 0. The number of halogens is 1. The van der Waals surface area contributed by atoms with Crippen molar-refractivity contribution in [2.45, 2.75) is 19.4 Å². The highest BCUT2D eigenvalue weighted by atomic mass is 35.5. The molecule has 1 aliphatic heterocycles. The fraction of sp³-hybridized carbons (Fsp3) is 0.417. The van der Waals surface area contributed by atoms with Crippen LogP contribution in [0.4, 0.5) is 11.4 Å². The number of likely N-dealkylation sites (N-methyl/N-ethyl adjacent to an activating group) is 1. The van der Waals surface area contributed by atoms with Gasteiger partial charge < -0.3 is 16.0 Å². The van der Waals surface area contributed by atoms with E-state index in [0.717, 1.165) is 16.9 Å². The molecule has 0 spiro atoms. The van der Waals surface area contributed by atoms with Crippen molar-refractivity contribution in [1.29, 1.82) is 0 Å². The van der Waals surface area contributed by atoms with E-state index in [2.05, 4.69) is 5.32 Å². The Morgan fingerprint density at radius 1 is 1.53 bits per heavy atom. The van der Waals surface area contributed by atoms with Gasteiger partial charge in [0.2, 0.25) is 5.91 Å². The summed E-state index contributed by atoms with van der Waals surface area (Å²) in [6, 6.07) is 3.47. The van der Waals surface area contributed by atoms with E-state index in [4.69, 9.17) is 17.3 Å². The zero-order valence-corrected chi connectivity index (χ0v) is 10.7. The van der Waals surface area contributed by atoms with Gasteiger partial charge in [0.05, 0.1) is 11.4 Å². The number of benzene rings is 1. The van der Waals surface area contributed by atoms with E-state index in [1.807, 2.05) is 24.9 Å². The van der Waals surface area contributed by atoms with E-state index < -0.39 is 0 Å². The molecule has 1 unspecified atom stereocenters. The molecule has 0 bridgehead atoms. The van der Waals surface area contributed by atoms with Crippen LogP contribution in [0, 0.1) is 6.92 Å². The topological polar surface area (TPSA) is 58.4 Å². The summed E-state index contributed by atoms with van der Waals surface area (Å²) in [5.41, 5.74) is 8.39. The second-order valence-electron chi connectivity index (χ2n) is 4.31. The number of hydrogen-bond donors (Lipinski definition) is 2. The number of aryl methyl sites for hydroxylation is 1. The van der Waals surface area contributed by atoms with Crippen LogP contribution in [-0.2, 0) is 4.79 Å². The Kier molecular flexibility index (Phi) is 3.26. The molecule has 17 heavy (non-hydrogen) atoms. The Balaban J connectivity index is 2.46. The quantitative estimate of drug-likeness (QED) is 0.844. The predicted molar refractivity (Wildman–Crippen MR) is 70.7 cm³/mol. The minimum atomic E-state index is -0.202. The first kappa shape index (κ1) is 12.2. The van der Waals surface area contributed by atoms with Crippen LogP contribution in [0.5, 0.6) is 0 Å². The van der Waals surface area contributed by atoms with Crippen molar-refractivity contribution in [2.24, 2.45) is 5.73 Å². The van der Waals surface area contributed by atoms with Crippen LogP contribution in [0.25, 0.3) is 0 Å². The first-order chi connectivity index (χ1) is 8.04. The van der Waals surface area contributed by atoms with Crippen LogP contribution in [0.3, 0.4) is 0 Å². The van der Waals surface area contributed by atoms with Crippen molar-refractivity contribution in [3.05, 3.63) is 22.7 Å². The number of carbonyl (C=O) groups excluding carboxylic acids is 1. The van der Waals surface area contributed by atoms with Crippen LogP contribution < -0.4 is 16.0 Å². The van der Waals surface area contributed by atoms with E-state index in [1.165, 1.54) is 0 Å². The summed E-state index contributed by atoms with van der Waals surface area (Å²) in [5.74, 6) is -0.0212. The highest BCUT2D eigenvalue weighted by molar-refractivity contribution is 6.31. The van der Waals surface area contributed by atoms with E-state index >= 15 is 0 Å². The number of fused-ring (bicyclic) bond motifs is 1. The van der Waals surface area contributed by atoms with Crippen LogP contribution in [-0.4, -0.2) is 25.5 Å². The molecule has 4 nitrogen and oxygen atoms in total. The third-order valence-corrected chi connectivity index (χ3v) is 3.30. The molecule has 3 N–H and O–H groups in total. The molecule has 5 heteroatoms. The SMILES string of the molecule is Cc1cc(Cl)cc2c1N(C)C(CCN)C(=O)N2. The standard InChI is InChI=1S/C12H16ClN3O/c1-7-5-8(13)6-9-11(7)16(2)10(3-4-14)12(17)15-9/h5-6,10H,3-4,14H2,1-2H3,(H,15,17). The molecule has 1 amide bonds. The fourth-order valence-electron chi connectivity index (χ4n) is 2.33. The maximum Gasteiger partial charge on any atom is 0.247 e. The maximum absolute atomic E-state index is 11.9. The summed E-state index contributed by atoms with van der Waals surface area (Å²) >= 11 is 5.99. The smallest absolute Gasteiger partial charge is 0.247 e. The van der Waals surface area contributed by atoms with Crippen molar-refractivity contribution in [3.8, 4) is 0 Å². The molecule has 0 saturated heterocycles. The molecule has 0 aliphatic carbocycles. The second-order valence-corrected chi connectivity index (χ2v) is 4.75. The normalized spacial score (nSPS) is 18.9. The molecule has 2 rings (SSSR count). The van der Waals surface area contributed by atoms with Gasteiger partial charge >= 0.3 is 0 Å². The average molecular weight is 254 g/mol. The van der Waals surface area contributed by atoms with Crippen molar-refractivity contribution >= 4 is 28.9 Å². The number of nitrogens with two attached hydrogens (primary N) is 1. The highest BCUT2D eigenvalue weighted by Gasteiger charge is 2.30. The van der Waals surface area contributed by atoms with Crippen molar-refractivity contribution in [3.63, 3.8) is 0 Å². The molecular weight excluding hydrogens is 238 g/mol. The third kappa shape index (κ3) is 2.10. The van der Waals surface area contributed by atoms with Crippen molar-refractivity contribution < 1.29 is 4.79 Å². The summed E-state index contributed by atoms with van der Waals surface area (Å²) in [4.78, 5) is 13.9. The third-order valence-electron chi connectivity index (χ3n) is 3.09. The van der Waals surface area contributed by atoms with E-state index in [1.54, 1.807) is 6.07 Å². The van der Waals surface area contributed by atoms with E-state index in [9.17, 15) is 4.79 Å². The first-order valence-corrected chi connectivity index (χ1v) is 5.96. The molecule has 0 aromatic heterocycles. The molecule has 1 aromatic rings. The number of amides is 1. The molecular formula is C12H16ClN3O. The number of nitrogens with one attached hydrogen (secondary N) is 1. The Labute approximate surface area is 106 Å². The molecule has 0 saturated carbocycles. The molecule has 1 heterocycles. The zero-order valence-electron chi connectivity index (χ0n) is 9.96. The summed E-state index contributed by atoms with van der Waals surface area (Å²) in [6.07, 6.45) is 0.643. The van der Waals surface area contributed by atoms with Gasteiger partial charge in [-0.2, -0.15) is 0 Å². The highest BCUT2D eigenvalue weighted by Crippen LogP contribution is 2.37. The lowest BCUT2D eigenvalue weighted by Crippen LogP contribution is -2.47. The number of carbonyl (C=O) groups is 1. The largest absolute Gasteiger partial charge is 0.361 e. The Morgan fingerprint density at radius 2 is 2.24 bits per heavy atom. The van der Waals surface area contributed by atoms with Gasteiger partial charge in [-0.25, -0.2) is 0 Å². The van der Waals surface area contributed by atoms with E-state index in [-0.39, 0.29) is 11.9 Å². The van der Waals surface area contributed by atoms with Crippen LogP contribution in [0.2, 0.25) is 5.02 Å². The van der Waals surface area contributed by atoms with Gasteiger partial charge in [0.1, 0.15) is 6.04 Å². The summed E-state index contributed by atoms with van der Waals surface area (Å²) in [6.45, 7) is 2.47. The van der Waals surface area contributed by atoms with Gasteiger partial charge in [-0.05, 0) is 37.6 Å². The lowest BCUT2D eigenvalue weighted by atomic mass is 10.0. The van der Waals surface area contributed by atoms with Gasteiger partial charge in [0.25, 0.3) is 0 Å². The number of anilines is 2. The molecule has 0 radical (unpaired) electrons. The minimum absolute atomic E-state index is 0.0212. The molecule has 1 atom stereocenters. The van der Waals surface area contributed by atoms with Crippen molar-refractivity contribution in [1.82, 2.24) is 0 Å². The Bertz CT molecular complexity index is 461. The minimum Gasteiger partial charge on any atom is -0.361 e. The number of rotatable bonds is 2. The van der Waals surface area contributed by atoms with Crippen molar-refractivity contribution in [2.75, 3.05) is 23.8 Å². The first-order valence-electron chi connectivity index (χ1n) is 5.58. The monoisotopic (exact) mass is 253 g/mol. The zero-order chi connectivity index (χ0) is 12.6. The molecule has 92 valence electrons.